The first-order valence-electron chi connectivity index (χ1n) is 6.37. The molecule has 0 saturated heterocycles. The summed E-state index contributed by atoms with van der Waals surface area (Å²) >= 11 is 5.89. The lowest BCUT2D eigenvalue weighted by Crippen LogP contribution is -2.41. The van der Waals surface area contributed by atoms with E-state index in [0.29, 0.717) is 10.7 Å². The van der Waals surface area contributed by atoms with E-state index in [1.807, 2.05) is 0 Å². The van der Waals surface area contributed by atoms with Gasteiger partial charge < -0.3 is 17.2 Å². The molecule has 0 aromatic heterocycles. The normalized spacial score (nSPS) is 10.4. The highest BCUT2D eigenvalue weighted by Gasteiger charge is 2.29. The van der Waals surface area contributed by atoms with Crippen LogP contribution in [0.25, 0.3) is 0 Å². The summed E-state index contributed by atoms with van der Waals surface area (Å²) in [6.07, 6.45) is 0.354. The zero-order valence-corrected chi connectivity index (χ0v) is 15.0. The van der Waals surface area contributed by atoms with Crippen LogP contribution in [0, 0.1) is 0 Å². The van der Waals surface area contributed by atoms with Crippen molar-refractivity contribution in [1.29, 1.82) is 0 Å². The van der Waals surface area contributed by atoms with Crippen LogP contribution in [0.3, 0.4) is 0 Å². The number of benzene rings is 1. The van der Waals surface area contributed by atoms with E-state index in [1.165, 1.54) is 12.1 Å². The highest BCUT2D eigenvalue weighted by Crippen LogP contribution is 2.26. The summed E-state index contributed by atoms with van der Waals surface area (Å²) in [5, 5.41) is -0.173. The molecule has 12 heteroatoms. The van der Waals surface area contributed by atoms with Crippen LogP contribution in [0.5, 0.6) is 0 Å². The van der Waals surface area contributed by atoms with E-state index < -0.39 is 32.8 Å². The summed E-state index contributed by atoms with van der Waals surface area (Å²) in [6.45, 7) is 1.55. The molecule has 1 rings (SSSR count). The highest BCUT2D eigenvalue weighted by molar-refractivity contribution is 7.89. The molecule has 0 atom stereocenters. The summed E-state index contributed by atoms with van der Waals surface area (Å²) in [6, 6.07) is 2.28. The fourth-order valence-corrected chi connectivity index (χ4v) is 3.58. The van der Waals surface area contributed by atoms with Crippen molar-refractivity contribution in [3.05, 3.63) is 28.8 Å². The third-order valence-corrected chi connectivity index (χ3v) is 4.93. The van der Waals surface area contributed by atoms with Crippen molar-refractivity contribution in [3.8, 4) is 0 Å². The SMILES string of the molecule is CCCN(C(N)=O)S(=O)(=O)c1cc(C(=O)N=C(N)N)ccc1Cl.Cl. The molecule has 3 amide bonds. The topological polar surface area (TPSA) is 162 Å². The third-order valence-electron chi connectivity index (χ3n) is 2.65. The van der Waals surface area contributed by atoms with Gasteiger partial charge in [0.15, 0.2) is 5.96 Å². The highest BCUT2D eigenvalue weighted by atomic mass is 35.5. The number of nitrogens with zero attached hydrogens (tertiary/aromatic N) is 2. The standard InChI is InChI=1S/C12H16ClN5O4S.ClH/c1-2-5-18(12(16)20)23(21,22)9-6-7(3-4-8(9)13)10(19)17-11(14)15;/h3-4,6H,2,5H2,1H3,(H2,16,20)(H4,14,15,17,19);1H. The minimum atomic E-state index is -4.31. The van der Waals surface area contributed by atoms with Crippen molar-refractivity contribution in [3.63, 3.8) is 0 Å². The van der Waals surface area contributed by atoms with Gasteiger partial charge in [-0.3, -0.25) is 4.79 Å². The van der Waals surface area contributed by atoms with Crippen molar-refractivity contribution >= 4 is 51.9 Å². The average molecular weight is 398 g/mol. The Morgan fingerprint density at radius 2 is 1.83 bits per heavy atom. The van der Waals surface area contributed by atoms with E-state index in [-0.39, 0.29) is 29.5 Å². The van der Waals surface area contributed by atoms with Crippen molar-refractivity contribution in [2.75, 3.05) is 6.54 Å². The Bertz CT molecular complexity index is 763. The molecule has 0 spiro atoms. The lowest BCUT2D eigenvalue weighted by atomic mass is 10.2. The van der Waals surface area contributed by atoms with Crippen LogP contribution in [-0.4, -0.2) is 37.2 Å². The van der Waals surface area contributed by atoms with E-state index in [2.05, 4.69) is 4.99 Å². The maximum Gasteiger partial charge on any atom is 0.328 e. The van der Waals surface area contributed by atoms with Crippen LogP contribution >= 0.6 is 24.0 Å². The first kappa shape index (κ1) is 22.0. The van der Waals surface area contributed by atoms with Gasteiger partial charge in [-0.15, -0.1) is 12.4 Å². The molecule has 0 heterocycles. The van der Waals surface area contributed by atoms with Gasteiger partial charge in [-0.25, -0.2) is 17.5 Å². The zero-order valence-electron chi connectivity index (χ0n) is 12.6. The van der Waals surface area contributed by atoms with Gasteiger partial charge >= 0.3 is 6.03 Å². The maximum absolute atomic E-state index is 12.5. The number of carbonyl (C=O) groups is 2. The van der Waals surface area contributed by atoms with Gasteiger partial charge in [0.2, 0.25) is 0 Å². The van der Waals surface area contributed by atoms with Crippen LogP contribution in [0.15, 0.2) is 28.1 Å². The predicted octanol–water partition coefficient (Wildman–Crippen LogP) is 0.655. The van der Waals surface area contributed by atoms with Gasteiger partial charge in [0.05, 0.1) is 5.02 Å². The molecule has 0 fully saturated rings. The Morgan fingerprint density at radius 3 is 2.29 bits per heavy atom. The van der Waals surface area contributed by atoms with Crippen LogP contribution in [-0.2, 0) is 10.0 Å². The molecule has 0 saturated carbocycles. The second-order valence-electron chi connectivity index (χ2n) is 4.40. The van der Waals surface area contributed by atoms with Gasteiger partial charge in [-0.05, 0) is 24.6 Å². The Hall–Kier alpha value is -2.04. The molecule has 6 N–H and O–H groups in total. The van der Waals surface area contributed by atoms with Crippen molar-refractivity contribution in [2.24, 2.45) is 22.2 Å². The van der Waals surface area contributed by atoms with Gasteiger partial charge in [-0.2, -0.15) is 4.99 Å². The number of aliphatic imine (C=N–C) groups is 1. The second-order valence-corrected chi connectivity index (χ2v) is 6.64. The quantitative estimate of drug-likeness (QED) is 0.487. The molecule has 0 unspecified atom stereocenters. The first-order valence-corrected chi connectivity index (χ1v) is 8.18. The number of nitrogens with two attached hydrogens (primary N) is 3. The number of hydrogen-bond acceptors (Lipinski definition) is 4. The first-order chi connectivity index (χ1) is 10.6. The summed E-state index contributed by atoms with van der Waals surface area (Å²) in [4.78, 5) is 26.0. The van der Waals surface area contributed by atoms with Crippen LogP contribution in [0.4, 0.5) is 4.79 Å². The average Bonchev–Trinajstić information content (AvgIpc) is 2.43. The Morgan fingerprint density at radius 1 is 1.25 bits per heavy atom. The number of hydrogen-bond donors (Lipinski definition) is 3. The monoisotopic (exact) mass is 397 g/mol. The predicted molar refractivity (Wildman–Crippen MR) is 92.6 cm³/mol. The maximum atomic E-state index is 12.5. The molecule has 1 aromatic rings. The van der Waals surface area contributed by atoms with Crippen LogP contribution < -0.4 is 17.2 Å². The van der Waals surface area contributed by atoms with Gasteiger partial charge in [0.25, 0.3) is 15.9 Å². The summed E-state index contributed by atoms with van der Waals surface area (Å²) < 4.78 is 25.5. The smallest absolute Gasteiger partial charge is 0.328 e. The van der Waals surface area contributed by atoms with E-state index in [0.717, 1.165) is 6.07 Å². The Labute approximate surface area is 150 Å². The lowest BCUT2D eigenvalue weighted by molar-refractivity contribution is 0.100. The largest absolute Gasteiger partial charge is 0.370 e. The van der Waals surface area contributed by atoms with E-state index in [1.54, 1.807) is 6.92 Å². The number of amides is 3. The molecule has 0 radical (unpaired) electrons. The number of urea groups is 1. The van der Waals surface area contributed by atoms with E-state index in [4.69, 9.17) is 28.8 Å². The number of sulfonamides is 1. The van der Waals surface area contributed by atoms with Gasteiger partial charge in [-0.1, -0.05) is 18.5 Å². The Balaban J connectivity index is 0.00000529. The lowest BCUT2D eigenvalue weighted by Gasteiger charge is -2.20. The minimum absolute atomic E-state index is 0. The number of rotatable bonds is 5. The third kappa shape index (κ3) is 4.98. The fourth-order valence-electron chi connectivity index (χ4n) is 1.69. The molecular weight excluding hydrogens is 381 g/mol. The van der Waals surface area contributed by atoms with Crippen LogP contribution in [0.1, 0.15) is 23.7 Å². The Kier molecular flexibility index (Phi) is 7.97. The molecule has 0 aliphatic carbocycles. The summed E-state index contributed by atoms with van der Waals surface area (Å²) in [5.41, 5.74) is 15.2. The van der Waals surface area contributed by atoms with Gasteiger partial charge in [0.1, 0.15) is 4.90 Å². The molecule has 1 aromatic carbocycles. The number of carbonyl (C=O) groups excluding carboxylic acids is 2. The molecule has 134 valence electrons. The van der Waals surface area contributed by atoms with E-state index in [9.17, 15) is 18.0 Å². The van der Waals surface area contributed by atoms with Crippen LogP contribution in [0.2, 0.25) is 5.02 Å². The van der Waals surface area contributed by atoms with E-state index >= 15 is 0 Å². The van der Waals surface area contributed by atoms with Crippen molar-refractivity contribution in [2.45, 2.75) is 18.2 Å². The van der Waals surface area contributed by atoms with Crippen molar-refractivity contribution < 1.29 is 18.0 Å². The molecular formula is C12H17Cl2N5O4S. The summed E-state index contributed by atoms with van der Waals surface area (Å²) in [5.74, 6) is -1.32. The molecule has 9 nitrogen and oxygen atoms in total. The fraction of sp³-hybridized carbons (Fsp3) is 0.250. The number of halogens is 2. The zero-order chi connectivity index (χ0) is 17.8. The molecule has 24 heavy (non-hydrogen) atoms. The number of primary amides is 1. The van der Waals surface area contributed by atoms with Crippen molar-refractivity contribution in [1.82, 2.24) is 4.31 Å². The summed E-state index contributed by atoms with van der Waals surface area (Å²) in [7, 11) is -4.31. The number of guanidine groups is 1. The van der Waals surface area contributed by atoms with Gasteiger partial charge in [0, 0.05) is 12.1 Å². The molecule has 0 aliphatic heterocycles. The minimum Gasteiger partial charge on any atom is -0.370 e. The second kappa shape index (κ2) is 8.71. The molecule has 0 aliphatic rings. The molecule has 0 bridgehead atoms.